The van der Waals surface area contributed by atoms with Crippen LogP contribution in [0, 0.1) is 0 Å². The summed E-state index contributed by atoms with van der Waals surface area (Å²) in [7, 11) is 3.05. The van der Waals surface area contributed by atoms with Crippen molar-refractivity contribution in [2.24, 2.45) is 0 Å². The second kappa shape index (κ2) is 7.50. The van der Waals surface area contributed by atoms with Gasteiger partial charge in [0.2, 0.25) is 5.13 Å². The van der Waals surface area contributed by atoms with Crippen LogP contribution in [0.5, 0.6) is 11.5 Å². The molecular weight excluding hydrogens is 362 g/mol. The van der Waals surface area contributed by atoms with Crippen LogP contribution in [0.2, 0.25) is 5.02 Å². The molecule has 0 bridgehead atoms. The monoisotopic (exact) mass is 375 g/mol. The first-order valence-electron chi connectivity index (χ1n) is 7.23. The lowest BCUT2D eigenvalue weighted by atomic mass is 10.2. The van der Waals surface area contributed by atoms with Crippen molar-refractivity contribution in [3.05, 3.63) is 53.1 Å². The van der Waals surface area contributed by atoms with E-state index in [1.165, 1.54) is 25.6 Å². The largest absolute Gasteiger partial charge is 0.497 e. The van der Waals surface area contributed by atoms with Crippen molar-refractivity contribution in [3.63, 3.8) is 0 Å². The number of halogens is 1. The number of nitrogens with one attached hydrogen (secondary N) is 1. The minimum atomic E-state index is -0.334. The highest BCUT2D eigenvalue weighted by atomic mass is 35.5. The van der Waals surface area contributed by atoms with Crippen molar-refractivity contribution in [2.45, 2.75) is 0 Å². The molecule has 0 aliphatic rings. The predicted octanol–water partition coefficient (Wildman–Crippen LogP) is 4.13. The standard InChI is InChI=1S/C17H14ClN3O3S/c1-23-11-7-10(8-12(9-11)24-2)15(22)19-17-21-20-16(25-17)13-5-3-4-6-14(13)18/h3-9H,1-2H3,(H,19,21,22). The Kier molecular flexibility index (Phi) is 5.16. The fourth-order valence-corrected chi connectivity index (χ4v) is 3.18. The van der Waals surface area contributed by atoms with Crippen molar-refractivity contribution >= 4 is 34.0 Å². The Morgan fingerprint density at radius 3 is 2.40 bits per heavy atom. The molecule has 0 radical (unpaired) electrons. The third-order valence-electron chi connectivity index (χ3n) is 3.36. The maximum atomic E-state index is 12.5. The van der Waals surface area contributed by atoms with Gasteiger partial charge in [-0.3, -0.25) is 10.1 Å². The van der Waals surface area contributed by atoms with E-state index in [4.69, 9.17) is 21.1 Å². The maximum absolute atomic E-state index is 12.5. The topological polar surface area (TPSA) is 73.3 Å². The molecule has 25 heavy (non-hydrogen) atoms. The summed E-state index contributed by atoms with van der Waals surface area (Å²) in [6.45, 7) is 0. The molecule has 0 fully saturated rings. The number of anilines is 1. The summed E-state index contributed by atoms with van der Waals surface area (Å²) in [5, 5.41) is 12.4. The van der Waals surface area contributed by atoms with Gasteiger partial charge in [-0.2, -0.15) is 0 Å². The zero-order valence-electron chi connectivity index (χ0n) is 13.4. The average molecular weight is 376 g/mol. The summed E-state index contributed by atoms with van der Waals surface area (Å²) in [5.74, 6) is 0.719. The Labute approximate surface area is 153 Å². The number of carbonyl (C=O) groups is 1. The number of ether oxygens (including phenoxy) is 2. The summed E-state index contributed by atoms with van der Waals surface area (Å²) in [5.41, 5.74) is 1.16. The molecule has 0 saturated heterocycles. The highest BCUT2D eigenvalue weighted by Crippen LogP contribution is 2.32. The average Bonchev–Trinajstić information content (AvgIpc) is 3.09. The van der Waals surface area contributed by atoms with E-state index in [1.807, 2.05) is 18.2 Å². The molecule has 128 valence electrons. The number of nitrogens with zero attached hydrogens (tertiary/aromatic N) is 2. The van der Waals surface area contributed by atoms with E-state index < -0.39 is 0 Å². The SMILES string of the molecule is COc1cc(OC)cc(C(=O)Nc2nnc(-c3ccccc3Cl)s2)c1. The summed E-state index contributed by atoms with van der Waals surface area (Å²) in [6, 6.07) is 12.3. The van der Waals surface area contributed by atoms with Crippen LogP contribution in [-0.2, 0) is 0 Å². The molecule has 2 aromatic carbocycles. The number of hydrogen-bond donors (Lipinski definition) is 1. The van der Waals surface area contributed by atoms with Crippen molar-refractivity contribution in [1.29, 1.82) is 0 Å². The van der Waals surface area contributed by atoms with Crippen LogP contribution in [0.4, 0.5) is 5.13 Å². The zero-order chi connectivity index (χ0) is 17.8. The van der Waals surface area contributed by atoms with Crippen molar-refractivity contribution in [1.82, 2.24) is 10.2 Å². The van der Waals surface area contributed by atoms with Gasteiger partial charge in [-0.1, -0.05) is 41.1 Å². The highest BCUT2D eigenvalue weighted by Gasteiger charge is 2.14. The van der Waals surface area contributed by atoms with Gasteiger partial charge in [-0.25, -0.2) is 0 Å². The molecular formula is C17H14ClN3O3S. The first-order chi connectivity index (χ1) is 12.1. The lowest BCUT2D eigenvalue weighted by Crippen LogP contribution is -2.12. The Morgan fingerprint density at radius 1 is 1.08 bits per heavy atom. The lowest BCUT2D eigenvalue weighted by Gasteiger charge is -2.07. The molecule has 0 aliphatic carbocycles. The predicted molar refractivity (Wildman–Crippen MR) is 97.9 cm³/mol. The van der Waals surface area contributed by atoms with Gasteiger partial charge in [0.15, 0.2) is 5.01 Å². The van der Waals surface area contributed by atoms with Crippen LogP contribution in [0.15, 0.2) is 42.5 Å². The van der Waals surface area contributed by atoms with Crippen LogP contribution >= 0.6 is 22.9 Å². The van der Waals surface area contributed by atoms with Crippen LogP contribution in [0.25, 0.3) is 10.6 Å². The summed E-state index contributed by atoms with van der Waals surface area (Å²) in [4.78, 5) is 12.5. The molecule has 0 saturated carbocycles. The minimum absolute atomic E-state index is 0.334. The highest BCUT2D eigenvalue weighted by molar-refractivity contribution is 7.18. The zero-order valence-corrected chi connectivity index (χ0v) is 15.0. The number of hydrogen-bond acceptors (Lipinski definition) is 6. The van der Waals surface area contributed by atoms with E-state index >= 15 is 0 Å². The fraction of sp³-hybridized carbons (Fsp3) is 0.118. The van der Waals surface area contributed by atoms with Crippen molar-refractivity contribution < 1.29 is 14.3 Å². The van der Waals surface area contributed by atoms with E-state index in [-0.39, 0.29) is 5.91 Å². The van der Waals surface area contributed by atoms with E-state index in [1.54, 1.807) is 24.3 Å². The molecule has 0 aliphatic heterocycles. The van der Waals surface area contributed by atoms with Gasteiger partial charge < -0.3 is 9.47 Å². The molecule has 3 rings (SSSR count). The number of aromatic nitrogens is 2. The maximum Gasteiger partial charge on any atom is 0.257 e. The molecule has 0 spiro atoms. The van der Waals surface area contributed by atoms with E-state index in [0.717, 1.165) is 5.56 Å². The van der Waals surface area contributed by atoms with Gasteiger partial charge in [0.1, 0.15) is 11.5 Å². The molecule has 3 aromatic rings. The second-order valence-electron chi connectivity index (χ2n) is 4.95. The fourth-order valence-electron chi connectivity index (χ4n) is 2.13. The molecule has 1 amide bonds. The van der Waals surface area contributed by atoms with Crippen LogP contribution in [0.1, 0.15) is 10.4 Å². The number of benzene rings is 2. The lowest BCUT2D eigenvalue weighted by molar-refractivity contribution is 0.102. The Bertz CT molecular complexity index is 891. The third kappa shape index (κ3) is 3.89. The molecule has 1 aromatic heterocycles. The number of carbonyl (C=O) groups excluding carboxylic acids is 1. The van der Waals surface area contributed by atoms with Gasteiger partial charge in [0.05, 0.1) is 19.2 Å². The molecule has 6 nitrogen and oxygen atoms in total. The minimum Gasteiger partial charge on any atom is -0.497 e. The number of amides is 1. The molecule has 8 heteroatoms. The summed E-state index contributed by atoms with van der Waals surface area (Å²) >= 11 is 7.40. The van der Waals surface area contributed by atoms with Gasteiger partial charge >= 0.3 is 0 Å². The summed E-state index contributed by atoms with van der Waals surface area (Å²) < 4.78 is 10.3. The quantitative estimate of drug-likeness (QED) is 0.725. The van der Waals surface area contributed by atoms with Crippen LogP contribution < -0.4 is 14.8 Å². The van der Waals surface area contributed by atoms with Gasteiger partial charge in [-0.05, 0) is 18.2 Å². The van der Waals surface area contributed by atoms with Crippen LogP contribution in [-0.4, -0.2) is 30.3 Å². The van der Waals surface area contributed by atoms with Gasteiger partial charge in [-0.15, -0.1) is 10.2 Å². The Balaban J connectivity index is 1.82. The first kappa shape index (κ1) is 17.2. The molecule has 1 heterocycles. The smallest absolute Gasteiger partial charge is 0.257 e. The second-order valence-corrected chi connectivity index (χ2v) is 6.33. The van der Waals surface area contributed by atoms with Gasteiger partial charge in [0.25, 0.3) is 5.91 Å². The number of rotatable bonds is 5. The first-order valence-corrected chi connectivity index (χ1v) is 8.43. The van der Waals surface area contributed by atoms with E-state index in [9.17, 15) is 4.79 Å². The molecule has 0 unspecified atom stereocenters. The molecule has 0 atom stereocenters. The Hall–Kier alpha value is -2.64. The van der Waals surface area contributed by atoms with Crippen molar-refractivity contribution in [3.8, 4) is 22.1 Å². The molecule has 1 N–H and O–H groups in total. The Morgan fingerprint density at radius 2 is 1.76 bits per heavy atom. The normalized spacial score (nSPS) is 10.4. The van der Waals surface area contributed by atoms with Crippen LogP contribution in [0.3, 0.4) is 0 Å². The van der Waals surface area contributed by atoms with Gasteiger partial charge in [0, 0.05) is 17.2 Å². The third-order valence-corrected chi connectivity index (χ3v) is 4.56. The van der Waals surface area contributed by atoms with E-state index in [0.29, 0.717) is 32.2 Å². The summed E-state index contributed by atoms with van der Waals surface area (Å²) in [6.07, 6.45) is 0. The van der Waals surface area contributed by atoms with E-state index in [2.05, 4.69) is 15.5 Å². The number of methoxy groups -OCH3 is 2. The van der Waals surface area contributed by atoms with Crippen molar-refractivity contribution in [2.75, 3.05) is 19.5 Å².